The quantitative estimate of drug-likeness (QED) is 0.808. The van der Waals surface area contributed by atoms with E-state index >= 15 is 0 Å². The summed E-state index contributed by atoms with van der Waals surface area (Å²) in [4.78, 5) is 23.0. The molecule has 2 aromatic rings. The zero-order chi connectivity index (χ0) is 14.0. The number of aromatic carboxylic acids is 1. The third-order valence-electron chi connectivity index (χ3n) is 2.40. The molecule has 1 aromatic carbocycles. The number of rotatable bonds is 3. The summed E-state index contributed by atoms with van der Waals surface area (Å²) in [5.41, 5.74) is 1.18. The van der Waals surface area contributed by atoms with E-state index in [0.717, 1.165) is 5.69 Å². The number of nitrogens with zero attached hydrogens (tertiary/aromatic N) is 1. The van der Waals surface area contributed by atoms with Crippen molar-refractivity contribution in [2.45, 2.75) is 6.92 Å². The van der Waals surface area contributed by atoms with Crippen molar-refractivity contribution in [1.82, 2.24) is 10.2 Å². The molecule has 0 bridgehead atoms. The van der Waals surface area contributed by atoms with Crippen LogP contribution in [0, 0.1) is 6.92 Å². The highest BCUT2D eigenvalue weighted by Crippen LogP contribution is 2.22. The average Bonchev–Trinajstić information content (AvgIpc) is 2.75. The number of nitrogens with one attached hydrogen (secondary N) is 2. The monoisotopic (exact) mass is 323 g/mol. The second-order valence-electron chi connectivity index (χ2n) is 3.89. The number of hydrogen-bond donors (Lipinski definition) is 3. The van der Waals surface area contributed by atoms with Gasteiger partial charge in [0.1, 0.15) is 0 Å². The Balaban J connectivity index is 2.30. The number of H-pyrrole nitrogens is 1. The topological polar surface area (TPSA) is 95.1 Å². The van der Waals surface area contributed by atoms with E-state index in [4.69, 9.17) is 5.11 Å². The number of aryl methyl sites for hydroxylation is 1. The summed E-state index contributed by atoms with van der Waals surface area (Å²) in [7, 11) is 0. The number of aromatic nitrogens is 2. The van der Waals surface area contributed by atoms with Crippen LogP contribution >= 0.6 is 15.9 Å². The Morgan fingerprint density at radius 2 is 2.11 bits per heavy atom. The molecule has 6 nitrogen and oxygen atoms in total. The molecule has 0 fully saturated rings. The number of carbonyl (C=O) groups excluding carboxylic acids is 1. The molecule has 0 aliphatic rings. The molecule has 7 heteroatoms. The summed E-state index contributed by atoms with van der Waals surface area (Å²) >= 11 is 3.23. The number of carboxylic acid groups (broad SMARTS) is 1. The SMILES string of the molecule is Cc1cc(C(=O)Nc2cc(Br)ccc2C(=O)O)n[nH]1. The van der Waals surface area contributed by atoms with Gasteiger partial charge in [0.25, 0.3) is 5.91 Å². The highest BCUT2D eigenvalue weighted by molar-refractivity contribution is 9.10. The molecule has 1 heterocycles. The summed E-state index contributed by atoms with van der Waals surface area (Å²) in [5, 5.41) is 18.0. The Hall–Kier alpha value is -2.15. The first-order chi connectivity index (χ1) is 8.97. The van der Waals surface area contributed by atoms with Crippen molar-refractivity contribution in [3.05, 3.63) is 45.7 Å². The summed E-state index contributed by atoms with van der Waals surface area (Å²) in [6.07, 6.45) is 0. The van der Waals surface area contributed by atoms with Gasteiger partial charge in [0.15, 0.2) is 5.69 Å². The van der Waals surface area contributed by atoms with E-state index in [1.165, 1.54) is 12.1 Å². The molecule has 98 valence electrons. The van der Waals surface area contributed by atoms with Crippen LogP contribution in [-0.4, -0.2) is 27.2 Å². The highest BCUT2D eigenvalue weighted by atomic mass is 79.9. The number of anilines is 1. The molecule has 0 aliphatic carbocycles. The minimum atomic E-state index is -1.11. The number of carboxylic acids is 1. The molecule has 0 saturated carbocycles. The van der Waals surface area contributed by atoms with Crippen molar-refractivity contribution in [2.24, 2.45) is 0 Å². The Bertz CT molecular complexity index is 651. The number of amides is 1. The van der Waals surface area contributed by atoms with Crippen LogP contribution in [-0.2, 0) is 0 Å². The smallest absolute Gasteiger partial charge is 0.337 e. The van der Waals surface area contributed by atoms with Gasteiger partial charge < -0.3 is 10.4 Å². The minimum absolute atomic E-state index is 0.0174. The van der Waals surface area contributed by atoms with Gasteiger partial charge in [-0.05, 0) is 31.2 Å². The molecule has 0 radical (unpaired) electrons. The zero-order valence-electron chi connectivity index (χ0n) is 9.90. The third kappa shape index (κ3) is 3.00. The van der Waals surface area contributed by atoms with Gasteiger partial charge in [0.05, 0.1) is 11.3 Å². The molecule has 0 atom stereocenters. The molecular formula is C12H10BrN3O3. The lowest BCUT2D eigenvalue weighted by molar-refractivity contribution is 0.0698. The van der Waals surface area contributed by atoms with Crippen LogP contribution in [0.1, 0.15) is 26.5 Å². The third-order valence-corrected chi connectivity index (χ3v) is 2.89. The maximum Gasteiger partial charge on any atom is 0.337 e. The van der Waals surface area contributed by atoms with E-state index in [2.05, 4.69) is 31.4 Å². The summed E-state index contributed by atoms with van der Waals surface area (Å²) in [6, 6.07) is 6.12. The highest BCUT2D eigenvalue weighted by Gasteiger charge is 2.15. The fourth-order valence-corrected chi connectivity index (χ4v) is 1.89. The van der Waals surface area contributed by atoms with Gasteiger partial charge in [0.2, 0.25) is 0 Å². The van der Waals surface area contributed by atoms with E-state index in [1.807, 2.05) is 0 Å². The first kappa shape index (κ1) is 13.3. The maximum absolute atomic E-state index is 11.9. The number of hydrogen-bond acceptors (Lipinski definition) is 3. The molecule has 0 spiro atoms. The number of carbonyl (C=O) groups is 2. The van der Waals surface area contributed by atoms with Crippen LogP contribution in [0.25, 0.3) is 0 Å². The molecule has 0 saturated heterocycles. The normalized spacial score (nSPS) is 10.2. The lowest BCUT2D eigenvalue weighted by atomic mass is 10.1. The van der Waals surface area contributed by atoms with Gasteiger partial charge in [-0.2, -0.15) is 5.10 Å². The van der Waals surface area contributed by atoms with Crippen molar-refractivity contribution in [3.8, 4) is 0 Å². The van der Waals surface area contributed by atoms with Crippen LogP contribution in [0.3, 0.4) is 0 Å². The van der Waals surface area contributed by atoms with Crippen molar-refractivity contribution in [2.75, 3.05) is 5.32 Å². The molecule has 1 aromatic heterocycles. The predicted molar refractivity (Wildman–Crippen MR) is 72.4 cm³/mol. The lowest BCUT2D eigenvalue weighted by Crippen LogP contribution is -2.15. The standard InChI is InChI=1S/C12H10BrN3O3/c1-6-4-10(16-15-6)11(17)14-9-5-7(13)2-3-8(9)12(18)19/h2-5H,1H3,(H,14,17)(H,15,16)(H,18,19). The maximum atomic E-state index is 11.9. The second-order valence-corrected chi connectivity index (χ2v) is 4.80. The lowest BCUT2D eigenvalue weighted by Gasteiger charge is -2.07. The van der Waals surface area contributed by atoms with E-state index < -0.39 is 11.9 Å². The summed E-state index contributed by atoms with van der Waals surface area (Å²) < 4.78 is 0.672. The molecule has 19 heavy (non-hydrogen) atoms. The number of aromatic amines is 1. The Labute approximate surface area is 117 Å². The van der Waals surface area contributed by atoms with Gasteiger partial charge in [0, 0.05) is 10.2 Å². The molecule has 2 rings (SSSR count). The van der Waals surface area contributed by atoms with E-state index in [0.29, 0.717) is 4.47 Å². The van der Waals surface area contributed by atoms with Crippen LogP contribution in [0.5, 0.6) is 0 Å². The first-order valence-electron chi connectivity index (χ1n) is 5.33. The van der Waals surface area contributed by atoms with E-state index in [-0.39, 0.29) is 16.9 Å². The van der Waals surface area contributed by atoms with Crippen molar-refractivity contribution in [3.63, 3.8) is 0 Å². The van der Waals surface area contributed by atoms with Crippen LogP contribution in [0.2, 0.25) is 0 Å². The summed E-state index contributed by atoms with van der Waals surface area (Å²) in [6.45, 7) is 1.77. The fourth-order valence-electron chi connectivity index (χ4n) is 1.53. The largest absolute Gasteiger partial charge is 0.478 e. The van der Waals surface area contributed by atoms with Crippen LogP contribution < -0.4 is 5.32 Å². The van der Waals surface area contributed by atoms with Crippen molar-refractivity contribution >= 4 is 33.5 Å². The second kappa shape index (κ2) is 5.23. The van der Waals surface area contributed by atoms with Gasteiger partial charge >= 0.3 is 5.97 Å². The Morgan fingerprint density at radius 3 is 2.68 bits per heavy atom. The Kier molecular flexibility index (Phi) is 3.66. The van der Waals surface area contributed by atoms with Gasteiger partial charge in [-0.25, -0.2) is 4.79 Å². The molecular weight excluding hydrogens is 314 g/mol. The molecule has 0 aliphatic heterocycles. The number of benzene rings is 1. The van der Waals surface area contributed by atoms with Crippen molar-refractivity contribution in [1.29, 1.82) is 0 Å². The first-order valence-corrected chi connectivity index (χ1v) is 6.13. The van der Waals surface area contributed by atoms with E-state index in [9.17, 15) is 9.59 Å². The molecule has 1 amide bonds. The minimum Gasteiger partial charge on any atom is -0.478 e. The predicted octanol–water partition coefficient (Wildman–Crippen LogP) is 2.43. The van der Waals surface area contributed by atoms with Crippen LogP contribution in [0.4, 0.5) is 5.69 Å². The van der Waals surface area contributed by atoms with Crippen LogP contribution in [0.15, 0.2) is 28.7 Å². The zero-order valence-corrected chi connectivity index (χ0v) is 11.5. The van der Waals surface area contributed by atoms with E-state index in [1.54, 1.807) is 19.1 Å². The van der Waals surface area contributed by atoms with Gasteiger partial charge in [-0.15, -0.1) is 0 Å². The number of halogens is 1. The molecule has 0 unspecified atom stereocenters. The Morgan fingerprint density at radius 1 is 1.37 bits per heavy atom. The van der Waals surface area contributed by atoms with Gasteiger partial charge in [-0.3, -0.25) is 9.89 Å². The molecule has 3 N–H and O–H groups in total. The van der Waals surface area contributed by atoms with Gasteiger partial charge in [-0.1, -0.05) is 15.9 Å². The average molecular weight is 324 g/mol. The summed E-state index contributed by atoms with van der Waals surface area (Å²) in [5.74, 6) is -1.58. The fraction of sp³-hybridized carbons (Fsp3) is 0.0833. The van der Waals surface area contributed by atoms with Crippen molar-refractivity contribution < 1.29 is 14.7 Å².